The zero-order valence-electron chi connectivity index (χ0n) is 8.61. The zero-order chi connectivity index (χ0) is 11.4. The summed E-state index contributed by atoms with van der Waals surface area (Å²) in [5, 5.41) is 9.50. The number of carbonyl (C=O) groups excluding carboxylic acids is 1. The third-order valence-corrected chi connectivity index (χ3v) is 4.08. The van der Waals surface area contributed by atoms with Crippen LogP contribution in [0.25, 0.3) is 0 Å². The van der Waals surface area contributed by atoms with Crippen LogP contribution in [0.5, 0.6) is 0 Å². The Hall–Kier alpha value is -0.320. The predicted octanol–water partition coefficient (Wildman–Crippen LogP) is 3.12. The highest BCUT2D eigenvalue weighted by molar-refractivity contribution is 9.10. The molecule has 0 fully saturated rings. The molecular weight excluding hydrogens is 276 g/mol. The van der Waals surface area contributed by atoms with Gasteiger partial charge in [-0.05, 0) is 25.1 Å². The van der Waals surface area contributed by atoms with Crippen LogP contribution in [-0.4, -0.2) is 22.7 Å². The van der Waals surface area contributed by atoms with Gasteiger partial charge >= 0.3 is 0 Å². The Bertz CT molecular complexity index is 352. The molecule has 1 aromatic carbocycles. The first kappa shape index (κ1) is 12.7. The summed E-state index contributed by atoms with van der Waals surface area (Å²) in [6.07, 6.45) is 0.468. The second-order valence-electron chi connectivity index (χ2n) is 3.36. The van der Waals surface area contributed by atoms with Gasteiger partial charge in [0.2, 0.25) is 0 Å². The van der Waals surface area contributed by atoms with E-state index >= 15 is 0 Å². The first-order valence-electron chi connectivity index (χ1n) is 4.64. The normalized spacial score (nSPS) is 14.7. The minimum atomic E-state index is -0.348. The van der Waals surface area contributed by atoms with E-state index in [1.54, 1.807) is 24.8 Å². The van der Waals surface area contributed by atoms with Crippen molar-refractivity contribution in [2.24, 2.45) is 0 Å². The maximum atomic E-state index is 10.6. The van der Waals surface area contributed by atoms with Gasteiger partial charge in [-0.2, -0.15) is 0 Å². The third-order valence-electron chi connectivity index (χ3n) is 2.10. The molecule has 0 saturated heterocycles. The summed E-state index contributed by atoms with van der Waals surface area (Å²) in [7, 11) is 0. The Morgan fingerprint density at radius 3 is 2.60 bits per heavy atom. The van der Waals surface area contributed by atoms with E-state index in [1.165, 1.54) is 0 Å². The molecule has 15 heavy (non-hydrogen) atoms. The number of aliphatic hydroxyl groups is 1. The van der Waals surface area contributed by atoms with E-state index in [0.29, 0.717) is 5.56 Å². The molecule has 4 heteroatoms. The Balaban J connectivity index is 2.79. The second-order valence-corrected chi connectivity index (χ2v) is 5.67. The molecule has 0 aliphatic rings. The van der Waals surface area contributed by atoms with Crippen molar-refractivity contribution in [3.63, 3.8) is 0 Å². The highest BCUT2D eigenvalue weighted by Gasteiger charge is 2.11. The van der Waals surface area contributed by atoms with E-state index in [2.05, 4.69) is 15.9 Å². The summed E-state index contributed by atoms with van der Waals surface area (Å²) in [6, 6.07) is 5.56. The van der Waals surface area contributed by atoms with Crippen LogP contribution in [0.15, 0.2) is 27.6 Å². The molecule has 2 atom stereocenters. The molecule has 2 unspecified atom stereocenters. The van der Waals surface area contributed by atoms with Gasteiger partial charge in [-0.15, -0.1) is 11.8 Å². The number of benzene rings is 1. The maximum Gasteiger partial charge on any atom is 0.151 e. The average Bonchev–Trinajstić information content (AvgIpc) is 2.18. The number of aldehydes is 1. The zero-order valence-corrected chi connectivity index (χ0v) is 11.0. The molecule has 0 amide bonds. The summed E-state index contributed by atoms with van der Waals surface area (Å²) in [4.78, 5) is 11.6. The van der Waals surface area contributed by atoms with Gasteiger partial charge in [0.15, 0.2) is 6.29 Å². The Morgan fingerprint density at radius 1 is 1.47 bits per heavy atom. The number of hydrogen-bond acceptors (Lipinski definition) is 3. The Kier molecular flexibility index (Phi) is 4.83. The minimum Gasteiger partial charge on any atom is -0.392 e. The molecule has 1 rings (SSSR count). The molecule has 0 bridgehead atoms. The van der Waals surface area contributed by atoms with Crippen molar-refractivity contribution < 1.29 is 9.90 Å². The van der Waals surface area contributed by atoms with Crippen LogP contribution < -0.4 is 0 Å². The van der Waals surface area contributed by atoms with Gasteiger partial charge in [-0.3, -0.25) is 4.79 Å². The van der Waals surface area contributed by atoms with Crippen molar-refractivity contribution in [1.82, 2.24) is 0 Å². The summed E-state index contributed by atoms with van der Waals surface area (Å²) >= 11 is 4.92. The van der Waals surface area contributed by atoms with Gasteiger partial charge < -0.3 is 5.11 Å². The van der Waals surface area contributed by atoms with Crippen LogP contribution in [0.4, 0.5) is 0 Å². The summed E-state index contributed by atoms with van der Waals surface area (Å²) in [5.41, 5.74) is 0.643. The van der Waals surface area contributed by atoms with Crippen molar-refractivity contribution in [2.45, 2.75) is 30.1 Å². The van der Waals surface area contributed by atoms with Crippen molar-refractivity contribution >= 4 is 34.0 Å². The van der Waals surface area contributed by atoms with E-state index in [1.807, 2.05) is 19.1 Å². The number of aliphatic hydroxyl groups excluding tert-OH is 1. The third kappa shape index (κ3) is 3.63. The molecule has 0 heterocycles. The smallest absolute Gasteiger partial charge is 0.151 e. The van der Waals surface area contributed by atoms with E-state index < -0.39 is 0 Å². The minimum absolute atomic E-state index is 0.138. The van der Waals surface area contributed by atoms with E-state index in [4.69, 9.17) is 0 Å². The topological polar surface area (TPSA) is 37.3 Å². The van der Waals surface area contributed by atoms with E-state index in [9.17, 15) is 9.90 Å². The second kappa shape index (κ2) is 5.68. The lowest BCUT2D eigenvalue weighted by molar-refractivity contribution is 0.112. The highest BCUT2D eigenvalue weighted by atomic mass is 79.9. The average molecular weight is 289 g/mol. The number of thioether (sulfide) groups is 1. The van der Waals surface area contributed by atoms with Crippen LogP contribution in [-0.2, 0) is 0 Å². The molecule has 0 spiro atoms. The maximum absolute atomic E-state index is 10.6. The first-order valence-corrected chi connectivity index (χ1v) is 6.31. The Labute approximate surface area is 102 Å². The molecule has 0 aromatic heterocycles. The standard InChI is InChI=1S/C11H13BrO2S/c1-7(14)8(2)15-10-4-3-9(6-13)11(12)5-10/h3-8,14H,1-2H3. The lowest BCUT2D eigenvalue weighted by atomic mass is 10.2. The Morgan fingerprint density at radius 2 is 2.13 bits per heavy atom. The quantitative estimate of drug-likeness (QED) is 0.683. The molecule has 0 aliphatic carbocycles. The van der Waals surface area contributed by atoms with Crippen LogP contribution in [0.2, 0.25) is 0 Å². The summed E-state index contributed by atoms with van der Waals surface area (Å²) < 4.78 is 0.792. The van der Waals surface area contributed by atoms with Crippen molar-refractivity contribution in [2.75, 3.05) is 0 Å². The number of carbonyl (C=O) groups is 1. The predicted molar refractivity (Wildman–Crippen MR) is 66.5 cm³/mol. The fourth-order valence-corrected chi connectivity index (χ4v) is 2.57. The monoisotopic (exact) mass is 288 g/mol. The first-order chi connectivity index (χ1) is 7.04. The molecule has 0 radical (unpaired) electrons. The van der Waals surface area contributed by atoms with Gasteiger partial charge in [-0.1, -0.05) is 22.9 Å². The van der Waals surface area contributed by atoms with Crippen LogP contribution in [0.1, 0.15) is 24.2 Å². The van der Waals surface area contributed by atoms with Crippen molar-refractivity contribution in [3.8, 4) is 0 Å². The molecule has 0 aliphatic heterocycles. The van der Waals surface area contributed by atoms with Crippen molar-refractivity contribution in [3.05, 3.63) is 28.2 Å². The molecule has 0 saturated carbocycles. The van der Waals surface area contributed by atoms with Gasteiger partial charge in [0.1, 0.15) is 0 Å². The van der Waals surface area contributed by atoms with Gasteiger partial charge in [0.25, 0.3) is 0 Å². The number of rotatable bonds is 4. The van der Waals surface area contributed by atoms with Gasteiger partial charge in [-0.25, -0.2) is 0 Å². The lowest BCUT2D eigenvalue weighted by Gasteiger charge is -2.14. The van der Waals surface area contributed by atoms with Crippen LogP contribution >= 0.6 is 27.7 Å². The van der Waals surface area contributed by atoms with Gasteiger partial charge in [0.05, 0.1) is 6.10 Å². The van der Waals surface area contributed by atoms with E-state index in [0.717, 1.165) is 15.7 Å². The fraction of sp³-hybridized carbons (Fsp3) is 0.364. The largest absolute Gasteiger partial charge is 0.392 e. The summed E-state index contributed by atoms with van der Waals surface area (Å²) in [5.74, 6) is 0. The SMILES string of the molecule is CC(O)C(C)Sc1ccc(C=O)c(Br)c1. The van der Waals surface area contributed by atoms with Gasteiger partial charge in [0, 0.05) is 20.2 Å². The summed E-state index contributed by atoms with van der Waals surface area (Å²) in [6.45, 7) is 3.74. The lowest BCUT2D eigenvalue weighted by Crippen LogP contribution is -2.14. The molecule has 82 valence electrons. The fourth-order valence-electron chi connectivity index (χ4n) is 0.990. The number of hydrogen-bond donors (Lipinski definition) is 1. The van der Waals surface area contributed by atoms with Crippen molar-refractivity contribution in [1.29, 1.82) is 0 Å². The molecule has 1 N–H and O–H groups in total. The van der Waals surface area contributed by atoms with Crippen LogP contribution in [0.3, 0.4) is 0 Å². The van der Waals surface area contributed by atoms with E-state index in [-0.39, 0.29) is 11.4 Å². The highest BCUT2D eigenvalue weighted by Crippen LogP contribution is 2.28. The molecular formula is C11H13BrO2S. The molecule has 2 nitrogen and oxygen atoms in total. The molecule has 1 aromatic rings. The van der Waals surface area contributed by atoms with Crippen LogP contribution in [0, 0.1) is 0 Å². The number of halogens is 1.